The van der Waals surface area contributed by atoms with E-state index in [1.165, 1.54) is 12.1 Å². The van der Waals surface area contributed by atoms with Gasteiger partial charge in [-0.2, -0.15) is 0 Å². The number of hydrogen-bond acceptors (Lipinski definition) is 3. The van der Waals surface area contributed by atoms with Crippen molar-refractivity contribution < 1.29 is 13.9 Å². The maximum absolute atomic E-state index is 12.8. The zero-order valence-corrected chi connectivity index (χ0v) is 12.4. The Balaban J connectivity index is 1.82. The molecule has 1 aromatic carbocycles. The van der Waals surface area contributed by atoms with Gasteiger partial charge in [0.1, 0.15) is 5.82 Å². The number of benzene rings is 1. The van der Waals surface area contributed by atoms with E-state index in [-0.39, 0.29) is 17.6 Å². The summed E-state index contributed by atoms with van der Waals surface area (Å²) < 4.78 is 18.1. The van der Waals surface area contributed by atoms with E-state index in [1.54, 1.807) is 24.1 Å². The summed E-state index contributed by atoms with van der Waals surface area (Å²) in [5, 5.41) is 0. The summed E-state index contributed by atoms with van der Waals surface area (Å²) in [5.74, 6) is -0.0618. The third-order valence-corrected chi connectivity index (χ3v) is 4.08. The molecule has 0 radical (unpaired) electrons. The molecule has 1 unspecified atom stereocenters. The molecule has 1 amide bonds. The highest BCUT2D eigenvalue weighted by atomic mass is 19.1. The minimum atomic E-state index is -0.452. The van der Waals surface area contributed by atoms with E-state index in [2.05, 4.69) is 0 Å². The first-order chi connectivity index (χ1) is 10.1. The van der Waals surface area contributed by atoms with Crippen molar-refractivity contribution in [3.8, 4) is 0 Å². The number of likely N-dealkylation sites (N-methyl/N-ethyl adjacent to an activating group) is 1. The molecular formula is C16H23FN2O2. The van der Waals surface area contributed by atoms with Crippen LogP contribution in [0.4, 0.5) is 4.39 Å². The van der Waals surface area contributed by atoms with Crippen molar-refractivity contribution in [1.29, 1.82) is 0 Å². The molecule has 1 saturated heterocycles. The Hall–Kier alpha value is -1.46. The number of rotatable bonds is 5. The molecule has 1 fully saturated rings. The van der Waals surface area contributed by atoms with Gasteiger partial charge in [0.25, 0.3) is 0 Å². The van der Waals surface area contributed by atoms with Crippen LogP contribution in [0.15, 0.2) is 24.3 Å². The highest BCUT2D eigenvalue weighted by molar-refractivity contribution is 5.81. The van der Waals surface area contributed by atoms with Crippen LogP contribution < -0.4 is 5.73 Å². The second-order valence-corrected chi connectivity index (χ2v) is 5.61. The maximum Gasteiger partial charge on any atom is 0.239 e. The molecular weight excluding hydrogens is 271 g/mol. The lowest BCUT2D eigenvalue weighted by Crippen LogP contribution is -2.48. The third kappa shape index (κ3) is 4.51. The van der Waals surface area contributed by atoms with Crippen LogP contribution in [-0.4, -0.2) is 43.7 Å². The minimum Gasteiger partial charge on any atom is -0.381 e. The first-order valence-electron chi connectivity index (χ1n) is 7.40. The zero-order valence-electron chi connectivity index (χ0n) is 12.4. The van der Waals surface area contributed by atoms with Crippen molar-refractivity contribution in [1.82, 2.24) is 4.90 Å². The molecule has 2 rings (SSSR count). The van der Waals surface area contributed by atoms with Gasteiger partial charge in [0.2, 0.25) is 5.91 Å². The first-order valence-corrected chi connectivity index (χ1v) is 7.40. The molecule has 2 N–H and O–H groups in total. The number of nitrogens with two attached hydrogens (primary N) is 1. The quantitative estimate of drug-likeness (QED) is 0.897. The van der Waals surface area contributed by atoms with E-state index >= 15 is 0 Å². The second kappa shape index (κ2) is 7.52. The van der Waals surface area contributed by atoms with Gasteiger partial charge in [-0.05, 0) is 42.9 Å². The zero-order chi connectivity index (χ0) is 15.2. The van der Waals surface area contributed by atoms with Crippen LogP contribution in [0.1, 0.15) is 18.4 Å². The molecule has 0 saturated carbocycles. The smallest absolute Gasteiger partial charge is 0.239 e. The van der Waals surface area contributed by atoms with Crippen LogP contribution in [0.2, 0.25) is 0 Å². The van der Waals surface area contributed by atoms with Crippen molar-refractivity contribution in [2.45, 2.75) is 25.3 Å². The molecule has 5 heteroatoms. The van der Waals surface area contributed by atoms with E-state index in [4.69, 9.17) is 10.5 Å². The first kappa shape index (κ1) is 15.9. The van der Waals surface area contributed by atoms with Gasteiger partial charge in [-0.3, -0.25) is 4.79 Å². The normalized spacial score (nSPS) is 17.5. The molecule has 0 aliphatic carbocycles. The van der Waals surface area contributed by atoms with Crippen molar-refractivity contribution >= 4 is 5.91 Å². The number of halogens is 1. The van der Waals surface area contributed by atoms with Crippen molar-refractivity contribution in [3.05, 3.63) is 35.6 Å². The molecule has 116 valence electrons. The largest absolute Gasteiger partial charge is 0.381 e. The van der Waals surface area contributed by atoms with Gasteiger partial charge in [-0.25, -0.2) is 4.39 Å². The van der Waals surface area contributed by atoms with Crippen molar-refractivity contribution in [2.24, 2.45) is 11.7 Å². The Labute approximate surface area is 125 Å². The number of nitrogens with zero attached hydrogens (tertiary/aromatic N) is 1. The predicted molar refractivity (Wildman–Crippen MR) is 79.3 cm³/mol. The van der Waals surface area contributed by atoms with Gasteiger partial charge in [-0.15, -0.1) is 0 Å². The average molecular weight is 294 g/mol. The van der Waals surface area contributed by atoms with E-state index in [0.717, 1.165) is 18.4 Å². The van der Waals surface area contributed by atoms with Crippen molar-refractivity contribution in [3.63, 3.8) is 0 Å². The van der Waals surface area contributed by atoms with Gasteiger partial charge in [-0.1, -0.05) is 12.1 Å². The van der Waals surface area contributed by atoms with Crippen LogP contribution in [0, 0.1) is 11.7 Å². The fourth-order valence-corrected chi connectivity index (χ4v) is 2.59. The second-order valence-electron chi connectivity index (χ2n) is 5.61. The van der Waals surface area contributed by atoms with Gasteiger partial charge >= 0.3 is 0 Å². The Bertz CT molecular complexity index is 458. The summed E-state index contributed by atoms with van der Waals surface area (Å²) in [7, 11) is 1.77. The lowest BCUT2D eigenvalue weighted by Gasteiger charge is -2.29. The molecule has 1 aromatic rings. The molecule has 1 heterocycles. The summed E-state index contributed by atoms with van der Waals surface area (Å²) in [6.07, 6.45) is 2.39. The topological polar surface area (TPSA) is 55.6 Å². The van der Waals surface area contributed by atoms with E-state index in [9.17, 15) is 9.18 Å². The van der Waals surface area contributed by atoms with Gasteiger partial charge in [0.05, 0.1) is 6.04 Å². The molecule has 0 bridgehead atoms. The highest BCUT2D eigenvalue weighted by Gasteiger charge is 2.28. The molecule has 1 aliphatic heterocycles. The molecule has 1 aliphatic rings. The Morgan fingerprint density at radius 3 is 2.62 bits per heavy atom. The Kier molecular flexibility index (Phi) is 5.70. The lowest BCUT2D eigenvalue weighted by atomic mass is 9.91. The number of ether oxygens (including phenoxy) is 1. The molecule has 0 spiro atoms. The number of hydrogen-bond donors (Lipinski definition) is 1. The summed E-state index contributed by atoms with van der Waals surface area (Å²) in [4.78, 5) is 14.0. The van der Waals surface area contributed by atoms with Crippen LogP contribution in [0.25, 0.3) is 0 Å². The molecule has 4 nitrogen and oxygen atoms in total. The van der Waals surface area contributed by atoms with Crippen LogP contribution in [0.3, 0.4) is 0 Å². The Morgan fingerprint density at radius 2 is 2.00 bits per heavy atom. The third-order valence-electron chi connectivity index (χ3n) is 4.08. The van der Waals surface area contributed by atoms with E-state index < -0.39 is 6.04 Å². The number of carbonyl (C=O) groups is 1. The lowest BCUT2D eigenvalue weighted by molar-refractivity contribution is -0.133. The number of amides is 1. The summed E-state index contributed by atoms with van der Waals surface area (Å²) in [6.45, 7) is 1.96. The number of carbonyl (C=O) groups excluding carboxylic acids is 1. The summed E-state index contributed by atoms with van der Waals surface area (Å²) >= 11 is 0. The average Bonchev–Trinajstić information content (AvgIpc) is 2.53. The van der Waals surface area contributed by atoms with Crippen molar-refractivity contribution in [2.75, 3.05) is 26.8 Å². The molecule has 21 heavy (non-hydrogen) atoms. The molecule has 0 aromatic heterocycles. The van der Waals surface area contributed by atoms with E-state index in [0.29, 0.717) is 26.2 Å². The summed E-state index contributed by atoms with van der Waals surface area (Å²) in [5.41, 5.74) is 7.10. The van der Waals surface area contributed by atoms with Gasteiger partial charge in [0.15, 0.2) is 0 Å². The fraction of sp³-hybridized carbons (Fsp3) is 0.562. The SMILES string of the molecule is CN(CCc1ccc(F)cc1)C(=O)C(N)C1CCOCC1. The summed E-state index contributed by atoms with van der Waals surface area (Å²) in [6, 6.07) is 5.90. The standard InChI is InChI=1S/C16H23FN2O2/c1-19(9-6-12-2-4-14(17)5-3-12)16(20)15(18)13-7-10-21-11-8-13/h2-5,13,15H,6-11,18H2,1H3. The van der Waals surface area contributed by atoms with Crippen LogP contribution in [-0.2, 0) is 16.0 Å². The van der Waals surface area contributed by atoms with E-state index in [1.807, 2.05) is 0 Å². The monoisotopic (exact) mass is 294 g/mol. The minimum absolute atomic E-state index is 0.0241. The van der Waals surface area contributed by atoms with Crippen LogP contribution >= 0.6 is 0 Å². The Morgan fingerprint density at radius 1 is 1.38 bits per heavy atom. The maximum atomic E-state index is 12.8. The predicted octanol–water partition coefficient (Wildman–Crippen LogP) is 1.58. The highest BCUT2D eigenvalue weighted by Crippen LogP contribution is 2.18. The van der Waals surface area contributed by atoms with Gasteiger partial charge in [0, 0.05) is 26.8 Å². The fourth-order valence-electron chi connectivity index (χ4n) is 2.59. The molecule has 1 atom stereocenters. The van der Waals surface area contributed by atoms with Crippen LogP contribution in [0.5, 0.6) is 0 Å². The van der Waals surface area contributed by atoms with Gasteiger partial charge < -0.3 is 15.4 Å².